The number of rotatable bonds is 3. The van der Waals surface area contributed by atoms with Crippen LogP contribution in [0.3, 0.4) is 0 Å². The lowest BCUT2D eigenvalue weighted by Crippen LogP contribution is -2.57. The number of nitrogens with one attached hydrogen (secondary N) is 1. The fraction of sp³-hybridized carbons (Fsp3) is 0.714. The van der Waals surface area contributed by atoms with Crippen LogP contribution in [-0.4, -0.2) is 16.2 Å². The summed E-state index contributed by atoms with van der Waals surface area (Å²) in [5.41, 5.74) is 3.87. The van der Waals surface area contributed by atoms with Gasteiger partial charge in [0.2, 0.25) is 0 Å². The van der Waals surface area contributed by atoms with Gasteiger partial charge in [0, 0.05) is 11.1 Å². The SMILES string of the molecule is CC(C)c1cc(C2CC(C)(C)NC(C)(C)C2)cc(C(C)C)c1O. The minimum absolute atomic E-state index is 0.139. The van der Waals surface area contributed by atoms with E-state index in [2.05, 4.69) is 72.8 Å². The first-order chi connectivity index (χ1) is 10.4. The molecule has 0 saturated carbocycles. The molecule has 1 fully saturated rings. The van der Waals surface area contributed by atoms with E-state index in [0.29, 0.717) is 23.5 Å². The molecule has 1 aliphatic heterocycles. The van der Waals surface area contributed by atoms with E-state index in [0.717, 1.165) is 24.0 Å². The Bertz CT molecular complexity index is 524. The van der Waals surface area contributed by atoms with Crippen LogP contribution in [0.1, 0.15) is 103 Å². The van der Waals surface area contributed by atoms with E-state index >= 15 is 0 Å². The molecule has 0 radical (unpaired) electrons. The number of phenols is 1. The van der Waals surface area contributed by atoms with Crippen LogP contribution in [0.2, 0.25) is 0 Å². The van der Waals surface area contributed by atoms with Crippen LogP contribution in [0.4, 0.5) is 0 Å². The molecular formula is C21H35NO. The molecule has 1 aromatic carbocycles. The summed E-state index contributed by atoms with van der Waals surface area (Å²) >= 11 is 0. The van der Waals surface area contributed by atoms with Crippen LogP contribution in [0, 0.1) is 0 Å². The maximum atomic E-state index is 10.6. The Morgan fingerprint density at radius 2 is 1.30 bits per heavy atom. The average molecular weight is 318 g/mol. The zero-order valence-corrected chi connectivity index (χ0v) is 16.2. The van der Waals surface area contributed by atoms with Crippen molar-refractivity contribution in [3.8, 4) is 5.75 Å². The Kier molecular flexibility index (Phi) is 4.88. The van der Waals surface area contributed by atoms with Gasteiger partial charge in [-0.25, -0.2) is 0 Å². The summed E-state index contributed by atoms with van der Waals surface area (Å²) in [5.74, 6) is 1.73. The second-order valence-corrected chi connectivity index (χ2v) is 9.36. The molecule has 2 rings (SSSR count). The molecule has 0 atom stereocenters. The van der Waals surface area contributed by atoms with Gasteiger partial charge in [0.25, 0.3) is 0 Å². The third kappa shape index (κ3) is 4.09. The monoisotopic (exact) mass is 317 g/mol. The summed E-state index contributed by atoms with van der Waals surface area (Å²) in [6.45, 7) is 17.9. The third-order valence-corrected chi connectivity index (χ3v) is 5.10. The van der Waals surface area contributed by atoms with Gasteiger partial charge in [-0.05, 0) is 75.0 Å². The van der Waals surface area contributed by atoms with Crippen molar-refractivity contribution in [3.05, 3.63) is 28.8 Å². The lowest BCUT2D eigenvalue weighted by Gasteiger charge is -2.47. The van der Waals surface area contributed by atoms with Gasteiger partial charge < -0.3 is 10.4 Å². The number of phenolic OH excluding ortho intramolecular Hbond substituents is 1. The summed E-state index contributed by atoms with van der Waals surface area (Å²) in [4.78, 5) is 0. The number of piperidine rings is 1. The van der Waals surface area contributed by atoms with Gasteiger partial charge in [-0.3, -0.25) is 0 Å². The van der Waals surface area contributed by atoms with Gasteiger partial charge in [0.1, 0.15) is 5.75 Å². The van der Waals surface area contributed by atoms with Crippen LogP contribution in [0.5, 0.6) is 5.75 Å². The molecule has 130 valence electrons. The zero-order chi connectivity index (χ0) is 17.6. The molecule has 0 spiro atoms. The van der Waals surface area contributed by atoms with Crippen molar-refractivity contribution in [1.29, 1.82) is 0 Å². The first-order valence-electron chi connectivity index (χ1n) is 9.08. The fourth-order valence-corrected chi connectivity index (χ4v) is 4.38. The zero-order valence-electron chi connectivity index (χ0n) is 16.2. The van der Waals surface area contributed by atoms with Crippen molar-refractivity contribution in [2.75, 3.05) is 0 Å². The molecular weight excluding hydrogens is 282 g/mol. The Morgan fingerprint density at radius 1 is 0.913 bits per heavy atom. The minimum Gasteiger partial charge on any atom is -0.507 e. The van der Waals surface area contributed by atoms with Crippen molar-refractivity contribution >= 4 is 0 Å². The van der Waals surface area contributed by atoms with Crippen molar-refractivity contribution in [3.63, 3.8) is 0 Å². The van der Waals surface area contributed by atoms with E-state index in [1.54, 1.807) is 0 Å². The smallest absolute Gasteiger partial charge is 0.122 e. The molecule has 2 N–H and O–H groups in total. The predicted molar refractivity (Wildman–Crippen MR) is 99.6 cm³/mol. The highest BCUT2D eigenvalue weighted by molar-refractivity contribution is 5.48. The molecule has 0 unspecified atom stereocenters. The molecule has 2 nitrogen and oxygen atoms in total. The second-order valence-electron chi connectivity index (χ2n) is 9.36. The summed E-state index contributed by atoms with van der Waals surface area (Å²) in [6, 6.07) is 4.52. The van der Waals surface area contributed by atoms with Gasteiger partial charge in [0.05, 0.1) is 0 Å². The van der Waals surface area contributed by atoms with Crippen LogP contribution in [-0.2, 0) is 0 Å². The standard InChI is InChI=1S/C21H35NO/c1-13(2)17-9-15(10-18(14(3)4)19(17)23)16-11-20(5,6)22-21(7,8)12-16/h9-10,13-14,16,22-23H,11-12H2,1-8H3. The highest BCUT2D eigenvalue weighted by Crippen LogP contribution is 2.43. The Labute approximate surface area is 142 Å². The number of benzene rings is 1. The fourth-order valence-electron chi connectivity index (χ4n) is 4.38. The number of aromatic hydroxyl groups is 1. The van der Waals surface area contributed by atoms with Crippen molar-refractivity contribution < 1.29 is 5.11 Å². The Hall–Kier alpha value is -1.02. The lowest BCUT2D eigenvalue weighted by molar-refractivity contribution is 0.161. The Balaban J connectivity index is 2.50. The normalized spacial score (nSPS) is 21.1. The minimum atomic E-state index is 0.139. The summed E-state index contributed by atoms with van der Waals surface area (Å²) in [7, 11) is 0. The third-order valence-electron chi connectivity index (χ3n) is 5.10. The molecule has 0 amide bonds. The Morgan fingerprint density at radius 3 is 1.65 bits per heavy atom. The van der Waals surface area contributed by atoms with Gasteiger partial charge in [0.15, 0.2) is 0 Å². The van der Waals surface area contributed by atoms with E-state index in [1.165, 1.54) is 5.56 Å². The molecule has 1 aliphatic rings. The molecule has 1 aromatic rings. The van der Waals surface area contributed by atoms with Crippen molar-refractivity contribution in [1.82, 2.24) is 5.32 Å². The summed E-state index contributed by atoms with van der Waals surface area (Å²) in [5, 5.41) is 14.4. The molecule has 0 bridgehead atoms. The molecule has 1 heterocycles. The first kappa shape index (κ1) is 18.3. The average Bonchev–Trinajstić information content (AvgIpc) is 2.34. The van der Waals surface area contributed by atoms with Crippen LogP contribution >= 0.6 is 0 Å². The maximum Gasteiger partial charge on any atom is 0.122 e. The van der Waals surface area contributed by atoms with E-state index < -0.39 is 0 Å². The van der Waals surface area contributed by atoms with Crippen LogP contribution < -0.4 is 5.32 Å². The van der Waals surface area contributed by atoms with E-state index in [1.807, 2.05) is 0 Å². The van der Waals surface area contributed by atoms with Gasteiger partial charge in [-0.2, -0.15) is 0 Å². The van der Waals surface area contributed by atoms with E-state index in [-0.39, 0.29) is 11.1 Å². The quantitative estimate of drug-likeness (QED) is 0.753. The van der Waals surface area contributed by atoms with Crippen LogP contribution in [0.25, 0.3) is 0 Å². The molecule has 2 heteroatoms. The van der Waals surface area contributed by atoms with Crippen molar-refractivity contribution in [2.45, 2.75) is 97.1 Å². The summed E-state index contributed by atoms with van der Waals surface area (Å²) < 4.78 is 0. The van der Waals surface area contributed by atoms with E-state index in [9.17, 15) is 5.11 Å². The highest BCUT2D eigenvalue weighted by Gasteiger charge is 2.38. The maximum absolute atomic E-state index is 10.6. The topological polar surface area (TPSA) is 32.3 Å². The molecule has 23 heavy (non-hydrogen) atoms. The van der Waals surface area contributed by atoms with Gasteiger partial charge in [-0.15, -0.1) is 0 Å². The van der Waals surface area contributed by atoms with Gasteiger partial charge in [-0.1, -0.05) is 39.8 Å². The van der Waals surface area contributed by atoms with Crippen molar-refractivity contribution in [2.24, 2.45) is 0 Å². The molecule has 0 aromatic heterocycles. The molecule has 1 saturated heterocycles. The molecule has 0 aliphatic carbocycles. The predicted octanol–water partition coefficient (Wildman–Crippen LogP) is 5.66. The largest absolute Gasteiger partial charge is 0.507 e. The first-order valence-corrected chi connectivity index (χ1v) is 9.08. The number of hydrogen-bond donors (Lipinski definition) is 2. The van der Waals surface area contributed by atoms with Crippen LogP contribution in [0.15, 0.2) is 12.1 Å². The second kappa shape index (κ2) is 6.12. The highest BCUT2D eigenvalue weighted by atomic mass is 16.3. The lowest BCUT2D eigenvalue weighted by atomic mass is 9.72. The van der Waals surface area contributed by atoms with Gasteiger partial charge >= 0.3 is 0 Å². The summed E-state index contributed by atoms with van der Waals surface area (Å²) in [6.07, 6.45) is 2.27. The van der Waals surface area contributed by atoms with E-state index in [4.69, 9.17) is 0 Å². The number of hydrogen-bond acceptors (Lipinski definition) is 2.